The molecule has 1 aromatic carbocycles. The van der Waals surface area contributed by atoms with E-state index in [1.165, 1.54) is 5.56 Å². The van der Waals surface area contributed by atoms with Crippen molar-refractivity contribution < 1.29 is 5.11 Å². The molecule has 0 bridgehead atoms. The smallest absolute Gasteiger partial charge is 0.0693 e. The lowest BCUT2D eigenvalue weighted by atomic mass is 10.1. The second kappa shape index (κ2) is 5.29. The van der Waals surface area contributed by atoms with Crippen LogP contribution in [0, 0.1) is 0 Å². The molecule has 2 rings (SSSR count). The fraction of sp³-hybridized carbons (Fsp3) is 0.538. The highest BCUT2D eigenvalue weighted by molar-refractivity contribution is 5.14. The topological polar surface area (TPSA) is 32.3 Å². The Hall–Kier alpha value is -0.860. The Balaban J connectivity index is 1.71. The molecule has 2 N–H and O–H groups in total. The van der Waals surface area contributed by atoms with Crippen LogP contribution in [0.3, 0.4) is 0 Å². The SMILES string of the molecule is O[C@@H]1CCC[C@H]1NCCc1ccccc1. The maximum absolute atomic E-state index is 9.62. The van der Waals surface area contributed by atoms with Gasteiger partial charge in [0.1, 0.15) is 0 Å². The quantitative estimate of drug-likeness (QED) is 0.784. The van der Waals surface area contributed by atoms with E-state index in [1.54, 1.807) is 0 Å². The lowest BCUT2D eigenvalue weighted by molar-refractivity contribution is 0.149. The number of hydrogen-bond donors (Lipinski definition) is 2. The highest BCUT2D eigenvalue weighted by Crippen LogP contribution is 2.18. The molecule has 1 aliphatic carbocycles. The van der Waals surface area contributed by atoms with Gasteiger partial charge in [-0.15, -0.1) is 0 Å². The summed E-state index contributed by atoms with van der Waals surface area (Å²) in [6, 6.07) is 10.8. The molecule has 1 aliphatic rings. The van der Waals surface area contributed by atoms with E-state index in [0.717, 1.165) is 32.2 Å². The molecule has 1 aromatic rings. The number of hydrogen-bond acceptors (Lipinski definition) is 2. The molecule has 0 amide bonds. The van der Waals surface area contributed by atoms with Crippen molar-refractivity contribution in [3.8, 4) is 0 Å². The summed E-state index contributed by atoms with van der Waals surface area (Å²) in [5.41, 5.74) is 1.36. The van der Waals surface area contributed by atoms with E-state index in [-0.39, 0.29) is 6.10 Å². The van der Waals surface area contributed by atoms with E-state index < -0.39 is 0 Å². The third-order valence-electron chi connectivity index (χ3n) is 3.14. The predicted molar refractivity (Wildman–Crippen MR) is 61.8 cm³/mol. The highest BCUT2D eigenvalue weighted by atomic mass is 16.3. The molecule has 0 radical (unpaired) electrons. The van der Waals surface area contributed by atoms with E-state index in [9.17, 15) is 5.11 Å². The largest absolute Gasteiger partial charge is 0.392 e. The standard InChI is InChI=1S/C13H19NO/c15-13-8-4-7-12(13)14-10-9-11-5-2-1-3-6-11/h1-3,5-6,12-15H,4,7-10H2/t12-,13-/m1/s1. The molecule has 0 unspecified atom stereocenters. The van der Waals surface area contributed by atoms with Gasteiger partial charge in [-0.05, 0) is 37.8 Å². The Morgan fingerprint density at radius 2 is 2.00 bits per heavy atom. The molecule has 0 aliphatic heterocycles. The number of nitrogens with one attached hydrogen (secondary N) is 1. The van der Waals surface area contributed by atoms with Crippen LogP contribution in [0.4, 0.5) is 0 Å². The number of benzene rings is 1. The van der Waals surface area contributed by atoms with Crippen molar-refractivity contribution in [3.63, 3.8) is 0 Å². The highest BCUT2D eigenvalue weighted by Gasteiger charge is 2.23. The molecule has 0 aromatic heterocycles. The van der Waals surface area contributed by atoms with E-state index >= 15 is 0 Å². The van der Waals surface area contributed by atoms with Crippen molar-refractivity contribution in [1.29, 1.82) is 0 Å². The molecular formula is C13H19NO. The van der Waals surface area contributed by atoms with Gasteiger partial charge in [0.25, 0.3) is 0 Å². The summed E-state index contributed by atoms with van der Waals surface area (Å²) < 4.78 is 0. The van der Waals surface area contributed by atoms with Gasteiger partial charge in [0, 0.05) is 6.04 Å². The first-order valence-electron chi connectivity index (χ1n) is 5.81. The van der Waals surface area contributed by atoms with E-state index in [0.29, 0.717) is 6.04 Å². The van der Waals surface area contributed by atoms with Gasteiger partial charge in [0.15, 0.2) is 0 Å². The van der Waals surface area contributed by atoms with Gasteiger partial charge in [-0.25, -0.2) is 0 Å². The summed E-state index contributed by atoms with van der Waals surface area (Å²) >= 11 is 0. The second-order valence-electron chi connectivity index (χ2n) is 4.29. The zero-order valence-corrected chi connectivity index (χ0v) is 9.02. The molecule has 2 nitrogen and oxygen atoms in total. The fourth-order valence-corrected chi connectivity index (χ4v) is 2.23. The summed E-state index contributed by atoms with van der Waals surface area (Å²) in [6.07, 6.45) is 4.16. The Kier molecular flexibility index (Phi) is 3.75. The molecule has 0 spiro atoms. The van der Waals surface area contributed by atoms with Crippen LogP contribution in [-0.2, 0) is 6.42 Å². The van der Waals surface area contributed by atoms with Gasteiger partial charge in [-0.3, -0.25) is 0 Å². The minimum atomic E-state index is -0.124. The van der Waals surface area contributed by atoms with Gasteiger partial charge in [0.05, 0.1) is 6.10 Å². The van der Waals surface area contributed by atoms with Gasteiger partial charge in [-0.1, -0.05) is 30.3 Å². The maximum Gasteiger partial charge on any atom is 0.0693 e. The van der Waals surface area contributed by atoms with E-state index in [4.69, 9.17) is 0 Å². The zero-order chi connectivity index (χ0) is 10.5. The van der Waals surface area contributed by atoms with Gasteiger partial charge < -0.3 is 10.4 Å². The first-order valence-corrected chi connectivity index (χ1v) is 5.81. The molecular weight excluding hydrogens is 186 g/mol. The molecule has 1 fully saturated rings. The first kappa shape index (κ1) is 10.7. The monoisotopic (exact) mass is 205 g/mol. The lowest BCUT2D eigenvalue weighted by Crippen LogP contribution is -2.36. The van der Waals surface area contributed by atoms with E-state index in [1.807, 2.05) is 6.07 Å². The summed E-state index contributed by atoms with van der Waals surface area (Å²) in [6.45, 7) is 0.964. The zero-order valence-electron chi connectivity index (χ0n) is 9.02. The minimum absolute atomic E-state index is 0.124. The minimum Gasteiger partial charge on any atom is -0.392 e. The van der Waals surface area contributed by atoms with Gasteiger partial charge >= 0.3 is 0 Å². The normalized spacial score (nSPS) is 25.7. The Morgan fingerprint density at radius 1 is 1.20 bits per heavy atom. The maximum atomic E-state index is 9.62. The lowest BCUT2D eigenvalue weighted by Gasteiger charge is -2.16. The summed E-state index contributed by atoms with van der Waals surface area (Å²) in [7, 11) is 0. The van der Waals surface area contributed by atoms with Crippen LogP contribution < -0.4 is 5.32 Å². The van der Waals surface area contributed by atoms with Crippen molar-refractivity contribution in [2.45, 2.75) is 37.8 Å². The summed E-state index contributed by atoms with van der Waals surface area (Å²) in [5.74, 6) is 0. The second-order valence-corrected chi connectivity index (χ2v) is 4.29. The van der Waals surface area contributed by atoms with Gasteiger partial charge in [-0.2, -0.15) is 0 Å². The molecule has 0 saturated heterocycles. The van der Waals surface area contributed by atoms with Crippen LogP contribution in [-0.4, -0.2) is 23.8 Å². The molecule has 2 atom stereocenters. The molecule has 82 valence electrons. The fourth-order valence-electron chi connectivity index (χ4n) is 2.23. The van der Waals surface area contributed by atoms with Crippen LogP contribution >= 0.6 is 0 Å². The number of rotatable bonds is 4. The molecule has 15 heavy (non-hydrogen) atoms. The molecule has 2 heteroatoms. The Bertz CT molecular complexity index is 286. The van der Waals surface area contributed by atoms with Crippen LogP contribution in [0.1, 0.15) is 24.8 Å². The van der Waals surface area contributed by atoms with Crippen molar-refractivity contribution in [3.05, 3.63) is 35.9 Å². The van der Waals surface area contributed by atoms with Crippen molar-refractivity contribution in [2.24, 2.45) is 0 Å². The van der Waals surface area contributed by atoms with Crippen molar-refractivity contribution in [2.75, 3.05) is 6.54 Å². The molecule has 0 heterocycles. The Morgan fingerprint density at radius 3 is 2.67 bits per heavy atom. The summed E-state index contributed by atoms with van der Waals surface area (Å²) in [5, 5.41) is 13.1. The van der Waals surface area contributed by atoms with Crippen LogP contribution in [0.5, 0.6) is 0 Å². The van der Waals surface area contributed by atoms with Gasteiger partial charge in [0.2, 0.25) is 0 Å². The predicted octanol–water partition coefficient (Wildman–Crippen LogP) is 1.73. The number of aliphatic hydroxyl groups is 1. The Labute approximate surface area is 91.3 Å². The van der Waals surface area contributed by atoms with Crippen LogP contribution in [0.25, 0.3) is 0 Å². The first-order chi connectivity index (χ1) is 7.36. The summed E-state index contributed by atoms with van der Waals surface area (Å²) in [4.78, 5) is 0. The van der Waals surface area contributed by atoms with Crippen molar-refractivity contribution >= 4 is 0 Å². The average Bonchev–Trinajstić information content (AvgIpc) is 2.66. The third-order valence-corrected chi connectivity index (χ3v) is 3.14. The van der Waals surface area contributed by atoms with Crippen LogP contribution in [0.2, 0.25) is 0 Å². The van der Waals surface area contributed by atoms with E-state index in [2.05, 4.69) is 29.6 Å². The third kappa shape index (κ3) is 3.05. The van der Waals surface area contributed by atoms with Crippen LogP contribution in [0.15, 0.2) is 30.3 Å². The number of aliphatic hydroxyl groups excluding tert-OH is 1. The average molecular weight is 205 g/mol. The van der Waals surface area contributed by atoms with Crippen molar-refractivity contribution in [1.82, 2.24) is 5.32 Å². The molecule has 1 saturated carbocycles.